The number of anilines is 2. The number of aliphatic hydroxyl groups excluding tert-OH is 3. The van der Waals surface area contributed by atoms with Crippen molar-refractivity contribution in [2.24, 2.45) is 5.92 Å². The summed E-state index contributed by atoms with van der Waals surface area (Å²) in [6.07, 6.45) is -0.662. The molecule has 0 radical (unpaired) electrons. The zero-order valence-electron chi connectivity index (χ0n) is 18.8. The first-order chi connectivity index (χ1) is 15.2. The van der Waals surface area contributed by atoms with Gasteiger partial charge in [-0.1, -0.05) is 19.1 Å². The smallest absolute Gasteiger partial charge is 0.225 e. The van der Waals surface area contributed by atoms with Gasteiger partial charge in [-0.25, -0.2) is 9.97 Å². The minimum atomic E-state index is -1.01. The Balaban J connectivity index is 1.78. The topological polar surface area (TPSA) is 123 Å². The predicted molar refractivity (Wildman–Crippen MR) is 128 cm³/mol. The van der Waals surface area contributed by atoms with Gasteiger partial charge in [-0.3, -0.25) is 0 Å². The standard InChI is InChI=1S/C23H31N5O3S/c1-5-23(3,4)28-22-24-12(2)17(21-26-14-8-6-7-9-16(14)32-21)20(27-22)25-15-10-13(11-29)18(30)19(15)31/h6-9,13,15,18-19,29-31H,5,10-11H2,1-4H3,(H2,24,25,27,28)/t13-,15-,18-,19+/m1/s1. The third-order valence-corrected chi connectivity index (χ3v) is 7.34. The van der Waals surface area contributed by atoms with Gasteiger partial charge in [0.25, 0.3) is 0 Å². The molecule has 9 heteroatoms. The second-order valence-electron chi connectivity index (χ2n) is 9.12. The maximum absolute atomic E-state index is 10.6. The molecule has 3 aromatic rings. The van der Waals surface area contributed by atoms with Crippen LogP contribution in [0.4, 0.5) is 11.8 Å². The van der Waals surface area contributed by atoms with Crippen molar-refractivity contribution in [1.82, 2.24) is 15.0 Å². The highest BCUT2D eigenvalue weighted by Gasteiger charge is 2.41. The van der Waals surface area contributed by atoms with E-state index in [0.29, 0.717) is 18.2 Å². The molecule has 4 atom stereocenters. The van der Waals surface area contributed by atoms with Crippen molar-refractivity contribution in [3.05, 3.63) is 30.0 Å². The lowest BCUT2D eigenvalue weighted by molar-refractivity contribution is 0.00446. The van der Waals surface area contributed by atoms with Gasteiger partial charge >= 0.3 is 0 Å². The van der Waals surface area contributed by atoms with Crippen molar-refractivity contribution >= 4 is 33.3 Å². The van der Waals surface area contributed by atoms with Crippen LogP contribution in [0.1, 0.15) is 39.3 Å². The number of aliphatic hydroxyl groups is 3. The van der Waals surface area contributed by atoms with E-state index in [1.54, 1.807) is 11.3 Å². The molecule has 172 valence electrons. The van der Waals surface area contributed by atoms with E-state index in [1.165, 1.54) is 0 Å². The molecular weight excluding hydrogens is 426 g/mol. The second-order valence-corrected chi connectivity index (χ2v) is 10.1. The van der Waals surface area contributed by atoms with Gasteiger partial charge in [0.05, 0.1) is 33.6 Å². The van der Waals surface area contributed by atoms with Crippen molar-refractivity contribution in [3.8, 4) is 10.6 Å². The number of benzene rings is 1. The first-order valence-electron chi connectivity index (χ1n) is 11.0. The largest absolute Gasteiger partial charge is 0.396 e. The lowest BCUT2D eigenvalue weighted by Gasteiger charge is -2.26. The highest BCUT2D eigenvalue weighted by molar-refractivity contribution is 7.21. The van der Waals surface area contributed by atoms with E-state index < -0.39 is 18.2 Å². The number of hydrogen-bond acceptors (Lipinski definition) is 9. The summed E-state index contributed by atoms with van der Waals surface area (Å²) in [5.74, 6) is 0.669. The van der Waals surface area contributed by atoms with Crippen LogP contribution in [-0.2, 0) is 0 Å². The van der Waals surface area contributed by atoms with Crippen molar-refractivity contribution in [1.29, 1.82) is 0 Å². The Labute approximate surface area is 191 Å². The fourth-order valence-corrected chi connectivity index (χ4v) is 5.05. The van der Waals surface area contributed by atoms with Crippen LogP contribution in [0.25, 0.3) is 20.8 Å². The average Bonchev–Trinajstić information content (AvgIpc) is 3.29. The van der Waals surface area contributed by atoms with Crippen LogP contribution < -0.4 is 10.6 Å². The van der Waals surface area contributed by atoms with Gasteiger partial charge in [-0.05, 0) is 45.7 Å². The highest BCUT2D eigenvalue weighted by Crippen LogP contribution is 2.38. The van der Waals surface area contributed by atoms with E-state index in [4.69, 9.17) is 15.0 Å². The molecule has 32 heavy (non-hydrogen) atoms. The van der Waals surface area contributed by atoms with E-state index in [1.807, 2.05) is 31.2 Å². The molecular formula is C23H31N5O3S. The summed E-state index contributed by atoms with van der Waals surface area (Å²) in [5.41, 5.74) is 2.26. The van der Waals surface area contributed by atoms with Gasteiger partial charge in [-0.2, -0.15) is 4.98 Å². The van der Waals surface area contributed by atoms with E-state index in [2.05, 4.69) is 31.4 Å². The molecule has 0 saturated heterocycles. The van der Waals surface area contributed by atoms with E-state index in [-0.39, 0.29) is 18.1 Å². The van der Waals surface area contributed by atoms with E-state index >= 15 is 0 Å². The molecule has 2 aromatic heterocycles. The van der Waals surface area contributed by atoms with Gasteiger partial charge in [0.2, 0.25) is 5.95 Å². The Bertz CT molecular complexity index is 1070. The highest BCUT2D eigenvalue weighted by atomic mass is 32.1. The molecule has 0 spiro atoms. The summed E-state index contributed by atoms with van der Waals surface area (Å²) in [6.45, 7) is 8.02. The molecule has 1 aromatic carbocycles. The molecule has 2 heterocycles. The Hall–Kier alpha value is -2.33. The zero-order valence-corrected chi connectivity index (χ0v) is 19.6. The minimum absolute atomic E-state index is 0.179. The molecule has 0 aliphatic heterocycles. The fourth-order valence-electron chi connectivity index (χ4n) is 3.98. The summed E-state index contributed by atoms with van der Waals surface area (Å²) in [4.78, 5) is 14.3. The number of para-hydroxylation sites is 1. The van der Waals surface area contributed by atoms with Crippen LogP contribution in [0.3, 0.4) is 0 Å². The Morgan fingerprint density at radius 2 is 1.88 bits per heavy atom. The van der Waals surface area contributed by atoms with Crippen LogP contribution in [0.15, 0.2) is 24.3 Å². The van der Waals surface area contributed by atoms with Crippen LogP contribution in [0.5, 0.6) is 0 Å². The van der Waals surface area contributed by atoms with Gasteiger partial charge in [-0.15, -0.1) is 11.3 Å². The number of rotatable bonds is 7. The molecule has 4 rings (SSSR count). The third kappa shape index (κ3) is 4.43. The van der Waals surface area contributed by atoms with E-state index in [0.717, 1.165) is 32.9 Å². The molecule has 0 amide bonds. The maximum atomic E-state index is 10.6. The van der Waals surface area contributed by atoms with E-state index in [9.17, 15) is 15.3 Å². The Kier molecular flexibility index (Phi) is 6.35. The van der Waals surface area contributed by atoms with Gasteiger partial charge in [0, 0.05) is 18.1 Å². The van der Waals surface area contributed by atoms with Crippen molar-refractivity contribution in [2.75, 3.05) is 17.2 Å². The first kappa shape index (κ1) is 22.8. The minimum Gasteiger partial charge on any atom is -0.396 e. The van der Waals surface area contributed by atoms with Crippen LogP contribution in [0.2, 0.25) is 0 Å². The second kappa shape index (κ2) is 8.90. The zero-order chi connectivity index (χ0) is 23.0. The monoisotopic (exact) mass is 457 g/mol. The molecule has 1 aliphatic rings. The third-order valence-electron chi connectivity index (χ3n) is 6.29. The summed E-state index contributed by atoms with van der Waals surface area (Å²) >= 11 is 1.56. The Morgan fingerprint density at radius 1 is 1.12 bits per heavy atom. The maximum Gasteiger partial charge on any atom is 0.225 e. The summed E-state index contributed by atoms with van der Waals surface area (Å²) in [5, 5.41) is 37.9. The first-order valence-corrected chi connectivity index (χ1v) is 11.8. The molecule has 0 unspecified atom stereocenters. The molecule has 1 saturated carbocycles. The molecule has 8 nitrogen and oxygen atoms in total. The normalized spacial score (nSPS) is 23.6. The molecule has 0 bridgehead atoms. The van der Waals surface area contributed by atoms with Crippen LogP contribution >= 0.6 is 11.3 Å². The Morgan fingerprint density at radius 3 is 2.53 bits per heavy atom. The molecule has 1 fully saturated rings. The van der Waals surface area contributed by atoms with Gasteiger partial charge in [0.15, 0.2) is 0 Å². The molecule has 5 N–H and O–H groups in total. The average molecular weight is 458 g/mol. The number of nitrogens with zero attached hydrogens (tertiary/aromatic N) is 3. The lowest BCUT2D eigenvalue weighted by Crippen LogP contribution is -2.36. The number of nitrogens with one attached hydrogen (secondary N) is 2. The number of aromatic nitrogens is 3. The summed E-state index contributed by atoms with van der Waals surface area (Å²) in [6, 6.07) is 7.50. The lowest BCUT2D eigenvalue weighted by atomic mass is 10.0. The number of aryl methyl sites for hydroxylation is 1. The summed E-state index contributed by atoms with van der Waals surface area (Å²) < 4.78 is 1.07. The van der Waals surface area contributed by atoms with Crippen molar-refractivity contribution in [2.45, 2.75) is 64.3 Å². The fraction of sp³-hybridized carbons (Fsp3) is 0.522. The van der Waals surface area contributed by atoms with Crippen LogP contribution in [-0.4, -0.2) is 60.7 Å². The van der Waals surface area contributed by atoms with Crippen LogP contribution in [0, 0.1) is 12.8 Å². The predicted octanol–water partition coefficient (Wildman–Crippen LogP) is 3.18. The number of fused-ring (bicyclic) bond motifs is 1. The number of hydrogen-bond donors (Lipinski definition) is 5. The van der Waals surface area contributed by atoms with Gasteiger partial charge in [0.1, 0.15) is 16.9 Å². The SMILES string of the molecule is CCC(C)(C)Nc1nc(C)c(-c2nc3ccccc3s2)c(N[C@@H]2C[C@H](CO)[C@@H](O)[C@H]2O)n1. The quantitative estimate of drug-likeness (QED) is 0.367. The molecule has 1 aliphatic carbocycles. The van der Waals surface area contributed by atoms with Crippen molar-refractivity contribution < 1.29 is 15.3 Å². The van der Waals surface area contributed by atoms with Gasteiger partial charge < -0.3 is 26.0 Å². The summed E-state index contributed by atoms with van der Waals surface area (Å²) in [7, 11) is 0. The van der Waals surface area contributed by atoms with Crippen molar-refractivity contribution in [3.63, 3.8) is 0 Å². The number of thiazole rings is 1.